The molecule has 1 spiro atoms. The Kier molecular flexibility index (Phi) is 5.87. The molecular weight excluding hydrogens is 420 g/mol. The molecule has 4 fully saturated rings. The van der Waals surface area contributed by atoms with Gasteiger partial charge in [-0.1, -0.05) is 30.3 Å². The van der Waals surface area contributed by atoms with Crippen LogP contribution in [0.25, 0.3) is 0 Å². The average Bonchev–Trinajstić information content (AvgIpc) is 3.02. The highest BCUT2D eigenvalue weighted by Gasteiger charge is 2.56. The van der Waals surface area contributed by atoms with E-state index >= 15 is 0 Å². The fourth-order valence-electron chi connectivity index (χ4n) is 6.05. The molecule has 33 heavy (non-hydrogen) atoms. The van der Waals surface area contributed by atoms with Crippen LogP contribution < -0.4 is 10.6 Å². The Balaban J connectivity index is 1.34. The van der Waals surface area contributed by atoms with Crippen LogP contribution in [0.5, 0.6) is 0 Å². The molecule has 1 aromatic carbocycles. The number of amides is 3. The molecule has 0 atom stereocenters. The number of β-amino-alcohol motifs (C(OH)–C–C–N with tert-alkyl or cyclic N) is 1. The Bertz CT molecular complexity index is 876. The molecule has 2 saturated heterocycles. The van der Waals surface area contributed by atoms with Crippen LogP contribution in [-0.2, 0) is 15.1 Å². The summed E-state index contributed by atoms with van der Waals surface area (Å²) in [7, 11) is 2.01. The summed E-state index contributed by atoms with van der Waals surface area (Å²) in [5.74, 6) is -0.138. The Morgan fingerprint density at radius 1 is 1.12 bits per heavy atom. The molecule has 3 N–H and O–H groups in total. The van der Waals surface area contributed by atoms with Crippen molar-refractivity contribution in [1.29, 1.82) is 0 Å². The van der Waals surface area contributed by atoms with Crippen LogP contribution in [0.1, 0.15) is 50.5 Å². The van der Waals surface area contributed by atoms with Gasteiger partial charge in [-0.2, -0.15) is 0 Å². The number of nitrogens with one attached hydrogen (secondary N) is 2. The van der Waals surface area contributed by atoms with Crippen LogP contribution in [0.3, 0.4) is 0 Å². The maximum absolute atomic E-state index is 13.5. The maximum Gasteiger partial charge on any atom is 0.321 e. The smallest absolute Gasteiger partial charge is 0.321 e. The van der Waals surface area contributed by atoms with Crippen LogP contribution in [-0.4, -0.2) is 83.9 Å². The predicted molar refractivity (Wildman–Crippen MR) is 124 cm³/mol. The van der Waals surface area contributed by atoms with Gasteiger partial charge in [0.25, 0.3) is 0 Å². The molecule has 180 valence electrons. The molecule has 0 bridgehead atoms. The first kappa shape index (κ1) is 22.6. The van der Waals surface area contributed by atoms with Crippen molar-refractivity contribution in [3.8, 4) is 0 Å². The standard InChI is InChI=1S/C25H36N4O4/c1-26-25(19-6-3-2-4-7-19)12-10-23(11-13-25)17-28(14-21(30)27-20-15-33-16-20)22(31)29(23)18-24(32)8-5-9-24/h2-4,6-7,20,26,32H,5,8-18H2,1H3,(H,27,30)/t23-,25+. The topological polar surface area (TPSA) is 94.1 Å². The number of hydrogen-bond acceptors (Lipinski definition) is 5. The number of aliphatic hydroxyl groups is 1. The first-order valence-corrected chi connectivity index (χ1v) is 12.3. The van der Waals surface area contributed by atoms with Crippen molar-refractivity contribution >= 4 is 11.9 Å². The first-order valence-electron chi connectivity index (χ1n) is 12.3. The minimum atomic E-state index is -0.791. The minimum absolute atomic E-state index is 0.0488. The summed E-state index contributed by atoms with van der Waals surface area (Å²) in [5.41, 5.74) is 0.0112. The molecule has 0 radical (unpaired) electrons. The Hall–Kier alpha value is -2.16. The van der Waals surface area contributed by atoms with Gasteiger partial charge >= 0.3 is 6.03 Å². The molecule has 2 aliphatic heterocycles. The van der Waals surface area contributed by atoms with E-state index < -0.39 is 5.60 Å². The van der Waals surface area contributed by atoms with Crippen molar-refractivity contribution in [2.75, 3.05) is 39.9 Å². The second-order valence-corrected chi connectivity index (χ2v) is 10.5. The normalized spacial score (nSPS) is 31.4. The van der Waals surface area contributed by atoms with Gasteiger partial charge in [0.2, 0.25) is 5.91 Å². The van der Waals surface area contributed by atoms with E-state index in [1.54, 1.807) is 4.90 Å². The van der Waals surface area contributed by atoms with Crippen molar-refractivity contribution in [2.24, 2.45) is 0 Å². The SMILES string of the molecule is CN[C@]1(c2ccccc2)CC[C@]2(CC1)CN(CC(=O)NC1COC1)C(=O)N2CC1(O)CCC1. The fraction of sp³-hybridized carbons (Fsp3) is 0.680. The fourth-order valence-corrected chi connectivity index (χ4v) is 6.05. The lowest BCUT2D eigenvalue weighted by atomic mass is 9.68. The number of hydrogen-bond donors (Lipinski definition) is 3. The molecule has 2 heterocycles. The second-order valence-electron chi connectivity index (χ2n) is 10.5. The Morgan fingerprint density at radius 3 is 2.36 bits per heavy atom. The van der Waals surface area contributed by atoms with Gasteiger partial charge in [-0.3, -0.25) is 4.79 Å². The molecule has 2 saturated carbocycles. The molecule has 0 aromatic heterocycles. The van der Waals surface area contributed by atoms with E-state index in [1.165, 1.54) is 5.56 Å². The summed E-state index contributed by atoms with van der Waals surface area (Å²) < 4.78 is 5.14. The molecule has 8 heteroatoms. The van der Waals surface area contributed by atoms with Crippen molar-refractivity contribution in [1.82, 2.24) is 20.4 Å². The predicted octanol–water partition coefficient (Wildman–Crippen LogP) is 1.58. The van der Waals surface area contributed by atoms with E-state index in [0.717, 1.165) is 44.9 Å². The Morgan fingerprint density at radius 2 is 1.82 bits per heavy atom. The highest BCUT2D eigenvalue weighted by Crippen LogP contribution is 2.48. The van der Waals surface area contributed by atoms with Gasteiger partial charge in [-0.25, -0.2) is 4.79 Å². The molecular formula is C25H36N4O4. The summed E-state index contributed by atoms with van der Waals surface area (Å²) in [6, 6.07) is 10.5. The summed E-state index contributed by atoms with van der Waals surface area (Å²) in [6.07, 6.45) is 5.93. The average molecular weight is 457 g/mol. The van der Waals surface area contributed by atoms with Crippen molar-refractivity contribution in [2.45, 2.75) is 67.7 Å². The van der Waals surface area contributed by atoms with Gasteiger partial charge in [0.15, 0.2) is 0 Å². The van der Waals surface area contributed by atoms with Crippen LogP contribution in [0.2, 0.25) is 0 Å². The van der Waals surface area contributed by atoms with Gasteiger partial charge in [-0.05, 0) is 57.6 Å². The summed E-state index contributed by atoms with van der Waals surface area (Å²) in [4.78, 5) is 29.7. The van der Waals surface area contributed by atoms with Gasteiger partial charge in [0.1, 0.15) is 6.54 Å². The van der Waals surface area contributed by atoms with E-state index in [0.29, 0.717) is 26.3 Å². The van der Waals surface area contributed by atoms with Crippen LogP contribution in [0, 0.1) is 0 Å². The zero-order valence-corrected chi connectivity index (χ0v) is 19.5. The van der Waals surface area contributed by atoms with Crippen LogP contribution in [0.4, 0.5) is 4.79 Å². The van der Waals surface area contributed by atoms with Crippen molar-refractivity contribution < 1.29 is 19.4 Å². The zero-order chi connectivity index (χ0) is 23.1. The third kappa shape index (κ3) is 4.13. The Labute approximate surface area is 195 Å². The monoisotopic (exact) mass is 456 g/mol. The van der Waals surface area contributed by atoms with Crippen LogP contribution in [0.15, 0.2) is 30.3 Å². The van der Waals surface area contributed by atoms with E-state index in [4.69, 9.17) is 4.74 Å². The zero-order valence-electron chi connectivity index (χ0n) is 19.5. The second kappa shape index (κ2) is 8.56. The molecule has 4 aliphatic rings. The van der Waals surface area contributed by atoms with Gasteiger partial charge in [-0.15, -0.1) is 0 Å². The van der Waals surface area contributed by atoms with E-state index in [9.17, 15) is 14.7 Å². The number of rotatable bonds is 7. The van der Waals surface area contributed by atoms with Gasteiger partial charge in [0, 0.05) is 12.1 Å². The largest absolute Gasteiger partial charge is 0.388 e. The van der Waals surface area contributed by atoms with Crippen LogP contribution >= 0.6 is 0 Å². The highest BCUT2D eigenvalue weighted by molar-refractivity contribution is 5.86. The number of nitrogens with zero attached hydrogens (tertiary/aromatic N) is 2. The highest BCUT2D eigenvalue weighted by atomic mass is 16.5. The third-order valence-electron chi connectivity index (χ3n) is 8.47. The lowest BCUT2D eigenvalue weighted by molar-refractivity contribution is -0.125. The van der Waals surface area contributed by atoms with Crippen molar-refractivity contribution in [3.05, 3.63) is 35.9 Å². The molecule has 3 amide bonds. The molecule has 0 unspecified atom stereocenters. The number of ether oxygens (including phenoxy) is 1. The lowest BCUT2D eigenvalue weighted by Crippen LogP contribution is -2.59. The van der Waals surface area contributed by atoms with Gasteiger partial charge < -0.3 is 30.3 Å². The first-order chi connectivity index (χ1) is 15.9. The van der Waals surface area contributed by atoms with Gasteiger partial charge in [0.05, 0.1) is 36.9 Å². The molecule has 1 aromatic rings. The van der Waals surface area contributed by atoms with E-state index in [1.807, 2.05) is 18.0 Å². The summed E-state index contributed by atoms with van der Waals surface area (Å²) >= 11 is 0. The minimum Gasteiger partial charge on any atom is -0.388 e. The van der Waals surface area contributed by atoms with Crippen molar-refractivity contribution in [3.63, 3.8) is 0 Å². The third-order valence-corrected chi connectivity index (χ3v) is 8.47. The molecule has 5 rings (SSSR count). The number of benzene rings is 1. The number of urea groups is 1. The lowest BCUT2D eigenvalue weighted by Gasteiger charge is -2.50. The molecule has 8 nitrogen and oxygen atoms in total. The molecule has 2 aliphatic carbocycles. The maximum atomic E-state index is 13.5. The summed E-state index contributed by atoms with van der Waals surface area (Å²) in [5, 5.41) is 17.5. The van der Waals surface area contributed by atoms with E-state index in [2.05, 4.69) is 34.9 Å². The van der Waals surface area contributed by atoms with E-state index in [-0.39, 0.29) is 35.6 Å². The quantitative estimate of drug-likeness (QED) is 0.579. The summed E-state index contributed by atoms with van der Waals surface area (Å²) in [6.45, 7) is 2.02. The number of carbonyl (C=O) groups excluding carboxylic acids is 2. The number of carbonyl (C=O) groups is 2.